The van der Waals surface area contributed by atoms with Crippen LogP contribution in [0, 0.1) is 0 Å². The molecule has 5 heterocycles. The number of nitrogens with zero attached hydrogens (tertiary/aromatic N) is 3. The van der Waals surface area contributed by atoms with Crippen LogP contribution in [-0.4, -0.2) is 18.2 Å². The third-order valence-electron chi connectivity index (χ3n) is 13.0. The molecule has 0 fully saturated rings. The van der Waals surface area contributed by atoms with E-state index in [0.29, 0.717) is 0 Å². The van der Waals surface area contributed by atoms with E-state index >= 15 is 0 Å². The Balaban J connectivity index is 1.25. The molecular formula is C52H35B2N5. The van der Waals surface area contributed by atoms with Crippen LogP contribution in [0.3, 0.4) is 0 Å². The van der Waals surface area contributed by atoms with Gasteiger partial charge in [0.25, 0.3) is 0 Å². The van der Waals surface area contributed by atoms with Crippen molar-refractivity contribution in [1.82, 2.24) is 4.48 Å². The predicted octanol–water partition coefficient (Wildman–Crippen LogP) is 9.64. The average molecular weight is 752 g/mol. The first kappa shape index (κ1) is 32.5. The van der Waals surface area contributed by atoms with E-state index in [-0.39, 0.29) is 13.7 Å². The van der Waals surface area contributed by atoms with Crippen molar-refractivity contribution in [2.24, 2.45) is 5.73 Å². The molecule has 5 nitrogen and oxygen atoms in total. The minimum absolute atomic E-state index is 0.116. The summed E-state index contributed by atoms with van der Waals surface area (Å²) in [6, 6.07) is 64.6. The maximum absolute atomic E-state index is 6.13. The van der Waals surface area contributed by atoms with Gasteiger partial charge < -0.3 is 25.2 Å². The molecule has 9 aromatic rings. The first-order chi connectivity index (χ1) is 29.3. The fourth-order valence-electron chi connectivity index (χ4n) is 10.7. The molecule has 13 rings (SSSR count). The zero-order valence-corrected chi connectivity index (χ0v) is 32.0. The Morgan fingerprint density at radius 2 is 1.12 bits per heavy atom. The van der Waals surface area contributed by atoms with Gasteiger partial charge >= 0.3 is 13.7 Å². The Kier molecular flexibility index (Phi) is 6.70. The van der Waals surface area contributed by atoms with Crippen molar-refractivity contribution in [3.05, 3.63) is 194 Å². The lowest BCUT2D eigenvalue weighted by molar-refractivity contribution is 1.22. The summed E-state index contributed by atoms with van der Waals surface area (Å²) in [7, 11) is 0. The lowest BCUT2D eigenvalue weighted by atomic mass is 9.36. The highest BCUT2D eigenvalue weighted by atomic mass is 15.2. The summed E-state index contributed by atoms with van der Waals surface area (Å²) in [5.41, 5.74) is 29.1. The molecule has 3 N–H and O–H groups in total. The molecule has 0 amide bonds. The quantitative estimate of drug-likeness (QED) is 0.176. The summed E-state index contributed by atoms with van der Waals surface area (Å²) < 4.78 is 2.57. The second-order valence-corrected chi connectivity index (χ2v) is 15.9. The van der Waals surface area contributed by atoms with Gasteiger partial charge in [0.2, 0.25) is 0 Å². The van der Waals surface area contributed by atoms with Crippen LogP contribution in [0.2, 0.25) is 0 Å². The molecule has 4 aliphatic heterocycles. The highest BCUT2D eigenvalue weighted by Crippen LogP contribution is 2.50. The standard InChI is InChI=1S/C52H35B2N5/c55-30-28-34-16-10-24-40-38-22-12-26-43-46(38)53(56-50(34)40)48-45(58(43)36-18-6-2-7-19-36)32-42(33-14-4-1-5-15-33)52-49(48)54-47-39(41-25-11-17-35-29-31-57(54)51(35)41)23-13-27-44(47)59(52)37-20-8-3-9-21-37/h1-32,56H,55H2/b30-28-. The first-order valence-corrected chi connectivity index (χ1v) is 20.4. The molecular weight excluding hydrogens is 716 g/mol. The topological polar surface area (TPSA) is 49.5 Å². The van der Waals surface area contributed by atoms with Crippen LogP contribution in [0.4, 0.5) is 39.8 Å². The van der Waals surface area contributed by atoms with Gasteiger partial charge in [-0.2, -0.15) is 0 Å². The van der Waals surface area contributed by atoms with E-state index in [0.717, 1.165) is 22.6 Å². The molecule has 274 valence electrons. The maximum Gasteiger partial charge on any atom is 0.332 e. The molecule has 8 aromatic carbocycles. The van der Waals surface area contributed by atoms with Gasteiger partial charge in [0, 0.05) is 56.3 Å². The number of anilines is 7. The molecule has 7 heteroatoms. The Morgan fingerprint density at radius 1 is 0.492 bits per heavy atom. The van der Waals surface area contributed by atoms with Gasteiger partial charge in [-0.1, -0.05) is 127 Å². The molecule has 0 saturated carbocycles. The molecule has 0 bridgehead atoms. The molecule has 59 heavy (non-hydrogen) atoms. The van der Waals surface area contributed by atoms with Crippen molar-refractivity contribution in [2.45, 2.75) is 0 Å². The smallest absolute Gasteiger partial charge is 0.332 e. The van der Waals surface area contributed by atoms with Gasteiger partial charge in [0.1, 0.15) is 0 Å². The lowest BCUT2D eigenvalue weighted by Crippen LogP contribution is -2.69. The number of benzene rings is 8. The van der Waals surface area contributed by atoms with E-state index in [2.05, 4.69) is 202 Å². The van der Waals surface area contributed by atoms with Crippen LogP contribution < -0.4 is 42.6 Å². The molecule has 0 radical (unpaired) electrons. The fraction of sp³-hybridized carbons (Fsp3) is 0. The lowest BCUT2D eigenvalue weighted by Gasteiger charge is -2.47. The summed E-state index contributed by atoms with van der Waals surface area (Å²) in [5, 5.41) is 5.47. The van der Waals surface area contributed by atoms with Gasteiger partial charge in [-0.05, 0) is 116 Å². The van der Waals surface area contributed by atoms with E-state index in [1.165, 1.54) is 88.9 Å². The van der Waals surface area contributed by atoms with Crippen molar-refractivity contribution in [3.8, 4) is 33.4 Å². The fourth-order valence-corrected chi connectivity index (χ4v) is 10.7. The number of para-hydroxylation sites is 4. The summed E-state index contributed by atoms with van der Waals surface area (Å²) in [6.07, 6.45) is 5.99. The van der Waals surface area contributed by atoms with Gasteiger partial charge in [0.15, 0.2) is 0 Å². The minimum Gasteiger partial charge on any atom is -0.419 e. The SMILES string of the molecule is N/C=C\c1cccc2c1NB1c3c-2cccc3N(c2ccccc2)c2cc(-c3ccccc3)c3c(c21)B1c2c(cccc2N3c2ccccc2)-c2cccc3ccn1c23. The molecule has 0 saturated heterocycles. The summed E-state index contributed by atoms with van der Waals surface area (Å²) in [6.45, 7) is -0.293. The Labute approximate surface area is 343 Å². The van der Waals surface area contributed by atoms with Crippen LogP contribution in [0.15, 0.2) is 188 Å². The number of hydrogen-bond acceptors (Lipinski definition) is 4. The second kappa shape index (κ2) is 12.2. The van der Waals surface area contributed by atoms with Crippen LogP contribution in [0.5, 0.6) is 0 Å². The second-order valence-electron chi connectivity index (χ2n) is 15.9. The van der Waals surface area contributed by atoms with E-state index < -0.39 is 0 Å². The van der Waals surface area contributed by atoms with Gasteiger partial charge in [-0.15, -0.1) is 0 Å². The molecule has 0 spiro atoms. The van der Waals surface area contributed by atoms with E-state index in [1.807, 2.05) is 6.08 Å². The van der Waals surface area contributed by atoms with Crippen molar-refractivity contribution < 1.29 is 0 Å². The van der Waals surface area contributed by atoms with Crippen molar-refractivity contribution >= 4 is 92.3 Å². The van der Waals surface area contributed by atoms with Crippen molar-refractivity contribution in [1.29, 1.82) is 0 Å². The number of hydrogen-bond donors (Lipinski definition) is 2. The third-order valence-corrected chi connectivity index (χ3v) is 13.0. The number of fused-ring (bicyclic) bond motifs is 9. The van der Waals surface area contributed by atoms with Crippen molar-refractivity contribution in [3.63, 3.8) is 0 Å². The summed E-state index contributed by atoms with van der Waals surface area (Å²) >= 11 is 0. The van der Waals surface area contributed by atoms with Crippen LogP contribution in [0.25, 0.3) is 50.4 Å². The zero-order valence-electron chi connectivity index (χ0n) is 32.0. The van der Waals surface area contributed by atoms with Gasteiger partial charge in [-0.3, -0.25) is 0 Å². The van der Waals surface area contributed by atoms with E-state index in [1.54, 1.807) is 6.20 Å². The number of aromatic nitrogens is 1. The highest BCUT2D eigenvalue weighted by Gasteiger charge is 2.50. The third kappa shape index (κ3) is 4.36. The molecule has 0 unspecified atom stereocenters. The number of nitrogens with one attached hydrogen (secondary N) is 1. The number of nitrogens with two attached hydrogens (primary N) is 1. The molecule has 4 aliphatic rings. The van der Waals surface area contributed by atoms with Gasteiger partial charge in [0.05, 0.1) is 5.69 Å². The normalized spacial score (nSPS) is 13.8. The molecule has 1 aromatic heterocycles. The van der Waals surface area contributed by atoms with Crippen LogP contribution in [0.1, 0.15) is 5.56 Å². The van der Waals surface area contributed by atoms with Crippen LogP contribution >= 0.6 is 0 Å². The van der Waals surface area contributed by atoms with Gasteiger partial charge in [-0.25, -0.2) is 0 Å². The zero-order chi connectivity index (χ0) is 38.8. The minimum atomic E-state index is -0.177. The van der Waals surface area contributed by atoms with E-state index in [9.17, 15) is 0 Å². The van der Waals surface area contributed by atoms with Crippen LogP contribution in [-0.2, 0) is 0 Å². The Morgan fingerprint density at radius 3 is 1.86 bits per heavy atom. The molecule has 0 atom stereocenters. The largest absolute Gasteiger partial charge is 0.419 e. The van der Waals surface area contributed by atoms with Crippen molar-refractivity contribution in [2.75, 3.05) is 15.0 Å². The Bertz CT molecular complexity index is 3230. The van der Waals surface area contributed by atoms with E-state index in [4.69, 9.17) is 5.73 Å². The highest BCUT2D eigenvalue weighted by molar-refractivity contribution is 7.00. The summed E-state index contributed by atoms with van der Waals surface area (Å²) in [4.78, 5) is 5.07. The number of rotatable bonds is 4. The monoisotopic (exact) mass is 751 g/mol. The molecule has 0 aliphatic carbocycles. The summed E-state index contributed by atoms with van der Waals surface area (Å²) in [5.74, 6) is 0. The predicted molar refractivity (Wildman–Crippen MR) is 250 cm³/mol. The first-order valence-electron chi connectivity index (χ1n) is 20.4. The average Bonchev–Trinajstić information content (AvgIpc) is 3.73. The Hall–Kier alpha value is -7.63. The maximum atomic E-state index is 6.13.